The molecule has 1 fully saturated rings. The number of rotatable bonds is 2. The van der Waals surface area contributed by atoms with Crippen LogP contribution in [-0.2, 0) is 0 Å². The molecule has 0 atom stereocenters. The van der Waals surface area contributed by atoms with E-state index in [-0.39, 0.29) is 5.69 Å². The van der Waals surface area contributed by atoms with E-state index in [1.54, 1.807) is 0 Å². The zero-order valence-electron chi connectivity index (χ0n) is 5.65. The fourth-order valence-corrected chi connectivity index (χ4v) is 0.808. The summed E-state index contributed by atoms with van der Waals surface area (Å²) >= 11 is 0. The molecule has 0 bridgehead atoms. The lowest BCUT2D eigenvalue weighted by atomic mass is 10.4. The molecule has 0 saturated carbocycles. The first-order chi connectivity index (χ1) is 5.29. The Balaban J connectivity index is 2.37. The van der Waals surface area contributed by atoms with E-state index in [1.807, 2.05) is 4.90 Å². The summed E-state index contributed by atoms with van der Waals surface area (Å²) in [6.07, 6.45) is 0. The molecule has 1 amide bonds. The van der Waals surface area contributed by atoms with Crippen molar-refractivity contribution in [2.45, 2.75) is 0 Å². The first kappa shape index (κ1) is 6.14. The number of carbonyl (C=O) groups excluding carboxylic acids is 1. The van der Waals surface area contributed by atoms with Gasteiger partial charge in [0.25, 0.3) is 5.91 Å². The van der Waals surface area contributed by atoms with E-state index in [4.69, 9.17) is 5.73 Å². The van der Waals surface area contributed by atoms with Crippen molar-refractivity contribution in [1.82, 2.24) is 10.3 Å². The largest absolute Gasteiger partial charge is 0.364 e. The van der Waals surface area contributed by atoms with Gasteiger partial charge in [0, 0.05) is 13.1 Å². The summed E-state index contributed by atoms with van der Waals surface area (Å²) in [4.78, 5) is 12.5. The number of aromatic nitrogens is 2. The van der Waals surface area contributed by atoms with E-state index in [2.05, 4.69) is 14.9 Å². The van der Waals surface area contributed by atoms with Gasteiger partial charge in [0.2, 0.25) is 11.5 Å². The van der Waals surface area contributed by atoms with Crippen LogP contribution in [0.25, 0.3) is 0 Å². The topological polar surface area (TPSA) is 85.0 Å². The number of nitrogens with two attached hydrogens (primary N) is 1. The standard InChI is InChI=1S/C5H6N4O2/c6-4(10)3-5(8-11-7-3)9-1-2-9/h1-2H2,(H2,6,10). The molecule has 1 aliphatic rings. The summed E-state index contributed by atoms with van der Waals surface area (Å²) in [6.45, 7) is 1.77. The van der Waals surface area contributed by atoms with E-state index in [9.17, 15) is 4.79 Å². The number of carbonyl (C=O) groups is 1. The minimum Gasteiger partial charge on any atom is -0.364 e. The van der Waals surface area contributed by atoms with Crippen molar-refractivity contribution in [2.75, 3.05) is 18.0 Å². The molecule has 2 heterocycles. The molecule has 11 heavy (non-hydrogen) atoms. The van der Waals surface area contributed by atoms with Gasteiger partial charge in [-0.15, -0.1) is 0 Å². The van der Waals surface area contributed by atoms with Crippen LogP contribution in [0.2, 0.25) is 0 Å². The smallest absolute Gasteiger partial charge is 0.274 e. The molecule has 0 aromatic carbocycles. The van der Waals surface area contributed by atoms with Crippen molar-refractivity contribution in [3.63, 3.8) is 0 Å². The van der Waals surface area contributed by atoms with Crippen molar-refractivity contribution in [2.24, 2.45) is 5.73 Å². The third kappa shape index (κ3) is 0.917. The van der Waals surface area contributed by atoms with Gasteiger partial charge in [0.1, 0.15) is 0 Å². The van der Waals surface area contributed by atoms with Crippen LogP contribution in [0.3, 0.4) is 0 Å². The van der Waals surface area contributed by atoms with Crippen LogP contribution >= 0.6 is 0 Å². The third-order valence-corrected chi connectivity index (χ3v) is 1.45. The Bertz CT molecular complexity index is 290. The minimum absolute atomic E-state index is 0.113. The number of primary amides is 1. The summed E-state index contributed by atoms with van der Waals surface area (Å²) in [5.41, 5.74) is 5.11. The van der Waals surface area contributed by atoms with Crippen LogP contribution in [0.4, 0.5) is 5.82 Å². The second-order valence-corrected chi connectivity index (χ2v) is 2.29. The highest BCUT2D eigenvalue weighted by Crippen LogP contribution is 2.20. The molecule has 1 aromatic heterocycles. The Labute approximate surface area is 61.9 Å². The lowest BCUT2D eigenvalue weighted by Crippen LogP contribution is -2.13. The number of hydrogen-bond donors (Lipinski definition) is 1. The minimum atomic E-state index is -0.604. The molecule has 1 aromatic rings. The molecule has 1 saturated heterocycles. The second-order valence-electron chi connectivity index (χ2n) is 2.29. The Morgan fingerprint density at radius 3 is 2.82 bits per heavy atom. The van der Waals surface area contributed by atoms with Gasteiger partial charge in [-0.25, -0.2) is 4.63 Å². The van der Waals surface area contributed by atoms with Crippen molar-refractivity contribution < 1.29 is 9.42 Å². The zero-order chi connectivity index (χ0) is 7.84. The lowest BCUT2D eigenvalue weighted by Gasteiger charge is -1.93. The van der Waals surface area contributed by atoms with Crippen LogP contribution in [0.5, 0.6) is 0 Å². The SMILES string of the molecule is NC(=O)c1nonc1N1CC1. The van der Waals surface area contributed by atoms with Gasteiger partial charge in [-0.1, -0.05) is 0 Å². The predicted octanol–water partition coefficient (Wildman–Crippen LogP) is -1.01. The Kier molecular flexibility index (Phi) is 1.09. The van der Waals surface area contributed by atoms with Gasteiger partial charge < -0.3 is 10.6 Å². The molecule has 0 unspecified atom stereocenters. The van der Waals surface area contributed by atoms with Gasteiger partial charge in [0.15, 0.2) is 0 Å². The second kappa shape index (κ2) is 1.94. The van der Waals surface area contributed by atoms with E-state index in [1.165, 1.54) is 0 Å². The molecule has 2 rings (SSSR count). The van der Waals surface area contributed by atoms with Gasteiger partial charge in [-0.3, -0.25) is 4.79 Å². The molecule has 1 aliphatic heterocycles. The van der Waals surface area contributed by atoms with Gasteiger partial charge in [-0.05, 0) is 10.3 Å². The third-order valence-electron chi connectivity index (χ3n) is 1.45. The fourth-order valence-electron chi connectivity index (χ4n) is 0.808. The average Bonchev–Trinajstić information content (AvgIpc) is 2.68. The number of amides is 1. The molecule has 2 N–H and O–H groups in total. The van der Waals surface area contributed by atoms with Crippen molar-refractivity contribution in [3.05, 3.63) is 5.69 Å². The zero-order valence-corrected chi connectivity index (χ0v) is 5.65. The monoisotopic (exact) mass is 154 g/mol. The quantitative estimate of drug-likeness (QED) is 0.551. The number of hydrogen-bond acceptors (Lipinski definition) is 5. The van der Waals surface area contributed by atoms with Gasteiger partial charge in [0.05, 0.1) is 0 Å². The van der Waals surface area contributed by atoms with Crippen molar-refractivity contribution in [3.8, 4) is 0 Å². The molecule has 0 aliphatic carbocycles. The molecule has 0 radical (unpaired) electrons. The molecule has 58 valence electrons. The lowest BCUT2D eigenvalue weighted by molar-refractivity contribution is 0.0991. The maximum atomic E-state index is 10.6. The van der Waals surface area contributed by atoms with E-state index in [0.29, 0.717) is 5.82 Å². The summed E-state index contributed by atoms with van der Waals surface area (Å²) in [5.74, 6) is -0.148. The maximum Gasteiger partial charge on any atom is 0.274 e. The summed E-state index contributed by atoms with van der Waals surface area (Å²) in [6, 6.07) is 0. The highest BCUT2D eigenvalue weighted by atomic mass is 16.6. The molecule has 6 heteroatoms. The summed E-state index contributed by atoms with van der Waals surface area (Å²) in [5, 5.41) is 6.91. The Hall–Kier alpha value is -1.59. The van der Waals surface area contributed by atoms with E-state index >= 15 is 0 Å². The summed E-state index contributed by atoms with van der Waals surface area (Å²) in [7, 11) is 0. The number of anilines is 1. The van der Waals surface area contributed by atoms with Crippen molar-refractivity contribution >= 4 is 11.7 Å². The highest BCUT2D eigenvalue weighted by Gasteiger charge is 2.28. The number of nitrogens with zero attached hydrogens (tertiary/aromatic N) is 3. The van der Waals surface area contributed by atoms with E-state index < -0.39 is 5.91 Å². The van der Waals surface area contributed by atoms with Crippen LogP contribution < -0.4 is 10.6 Å². The Morgan fingerprint density at radius 2 is 2.27 bits per heavy atom. The van der Waals surface area contributed by atoms with Gasteiger partial charge >= 0.3 is 0 Å². The van der Waals surface area contributed by atoms with Crippen LogP contribution in [-0.4, -0.2) is 29.3 Å². The molecular formula is C5H6N4O2. The predicted molar refractivity (Wildman–Crippen MR) is 35.0 cm³/mol. The normalized spacial score (nSPS) is 15.1. The average molecular weight is 154 g/mol. The molecular weight excluding hydrogens is 148 g/mol. The Morgan fingerprint density at radius 1 is 1.55 bits per heavy atom. The first-order valence-corrected chi connectivity index (χ1v) is 3.16. The van der Waals surface area contributed by atoms with Crippen LogP contribution in [0.15, 0.2) is 4.63 Å². The maximum absolute atomic E-state index is 10.6. The van der Waals surface area contributed by atoms with Crippen molar-refractivity contribution in [1.29, 1.82) is 0 Å². The van der Waals surface area contributed by atoms with Gasteiger partial charge in [-0.2, -0.15) is 0 Å². The molecule has 0 spiro atoms. The van der Waals surface area contributed by atoms with Crippen LogP contribution in [0.1, 0.15) is 10.5 Å². The highest BCUT2D eigenvalue weighted by molar-refractivity contribution is 5.95. The van der Waals surface area contributed by atoms with E-state index in [0.717, 1.165) is 13.1 Å². The fraction of sp³-hybridized carbons (Fsp3) is 0.400. The molecule has 6 nitrogen and oxygen atoms in total. The van der Waals surface area contributed by atoms with Crippen LogP contribution in [0, 0.1) is 0 Å². The summed E-state index contributed by atoms with van der Waals surface area (Å²) < 4.78 is 4.37. The first-order valence-electron chi connectivity index (χ1n) is 3.16.